The first-order valence-corrected chi connectivity index (χ1v) is 8.91. The minimum absolute atomic E-state index is 0.0556. The van der Waals surface area contributed by atoms with Crippen molar-refractivity contribution in [1.29, 1.82) is 0 Å². The summed E-state index contributed by atoms with van der Waals surface area (Å²) in [5.41, 5.74) is -0.327. The van der Waals surface area contributed by atoms with Crippen molar-refractivity contribution in [1.82, 2.24) is 0 Å². The van der Waals surface area contributed by atoms with Gasteiger partial charge in [-0.2, -0.15) is 0 Å². The lowest BCUT2D eigenvalue weighted by atomic mass is 9.51. The van der Waals surface area contributed by atoms with Crippen molar-refractivity contribution in [3.8, 4) is 0 Å². The van der Waals surface area contributed by atoms with Crippen LogP contribution in [0.2, 0.25) is 0 Å². The second kappa shape index (κ2) is 5.92. The largest absolute Gasteiger partial charge is 0.386 e. The van der Waals surface area contributed by atoms with E-state index < -0.39 is 5.60 Å². The van der Waals surface area contributed by atoms with E-state index in [1.54, 1.807) is 32.1 Å². The lowest BCUT2D eigenvalue weighted by molar-refractivity contribution is -0.124. The van der Waals surface area contributed by atoms with E-state index in [2.05, 4.69) is 6.92 Å². The highest BCUT2D eigenvalue weighted by Gasteiger charge is 2.68. The van der Waals surface area contributed by atoms with Crippen LogP contribution in [0.4, 0.5) is 0 Å². The van der Waals surface area contributed by atoms with Crippen LogP contribution in [0.1, 0.15) is 46.5 Å². The number of carbonyl (C=O) groups is 2. The molecule has 24 heavy (non-hydrogen) atoms. The Hall–Kier alpha value is -1.26. The van der Waals surface area contributed by atoms with E-state index in [-0.39, 0.29) is 28.8 Å². The van der Waals surface area contributed by atoms with Crippen molar-refractivity contribution in [2.75, 3.05) is 6.61 Å². The number of allylic oxidation sites excluding steroid dienone is 3. The number of aldehydes is 2. The molecule has 3 aliphatic rings. The Kier molecular flexibility index (Phi) is 4.33. The van der Waals surface area contributed by atoms with Crippen LogP contribution in [0, 0.1) is 22.7 Å². The molecule has 5 atom stereocenters. The van der Waals surface area contributed by atoms with Gasteiger partial charge in [0.05, 0.1) is 18.3 Å². The van der Waals surface area contributed by atoms with Crippen molar-refractivity contribution in [3.05, 3.63) is 23.8 Å². The zero-order chi connectivity index (χ0) is 17.6. The number of carbonyl (C=O) groups excluding carboxylic acids is 2. The molecule has 0 aromatic heterocycles. The van der Waals surface area contributed by atoms with Gasteiger partial charge in [-0.05, 0) is 51.0 Å². The van der Waals surface area contributed by atoms with Gasteiger partial charge in [-0.15, -0.1) is 0 Å². The molecule has 1 aliphatic heterocycles. The smallest absolute Gasteiger partial charge is 0.146 e. The van der Waals surface area contributed by atoms with E-state index in [1.807, 2.05) is 0 Å². The van der Waals surface area contributed by atoms with Gasteiger partial charge in [0.25, 0.3) is 0 Å². The number of aliphatic hydroxyl groups is 1. The fourth-order valence-electron chi connectivity index (χ4n) is 5.38. The molecule has 0 aromatic carbocycles. The maximum atomic E-state index is 12.0. The molecule has 1 saturated heterocycles. The molecule has 2 aliphatic carbocycles. The molecule has 1 N–H and O–H groups in total. The quantitative estimate of drug-likeness (QED) is 0.478. The number of rotatable bonds is 5. The summed E-state index contributed by atoms with van der Waals surface area (Å²) in [7, 11) is 0. The minimum Gasteiger partial charge on any atom is -0.386 e. The van der Waals surface area contributed by atoms with Crippen LogP contribution in [0.15, 0.2) is 23.8 Å². The Bertz CT molecular complexity index is 575. The topological polar surface area (TPSA) is 63.6 Å². The Morgan fingerprint density at radius 2 is 2.00 bits per heavy atom. The molecular weight excluding hydrogens is 304 g/mol. The van der Waals surface area contributed by atoms with Gasteiger partial charge in [-0.1, -0.05) is 25.2 Å². The van der Waals surface area contributed by atoms with Gasteiger partial charge < -0.3 is 14.6 Å². The summed E-state index contributed by atoms with van der Waals surface area (Å²) in [6.45, 7) is 6.28. The number of ether oxygens (including phenoxy) is 1. The highest BCUT2D eigenvalue weighted by molar-refractivity contribution is 5.76. The maximum Gasteiger partial charge on any atom is 0.146 e. The molecule has 4 heteroatoms. The summed E-state index contributed by atoms with van der Waals surface area (Å²) >= 11 is 0. The molecule has 0 aromatic rings. The van der Waals surface area contributed by atoms with Crippen molar-refractivity contribution < 1.29 is 19.4 Å². The van der Waals surface area contributed by atoms with Gasteiger partial charge in [-0.25, -0.2) is 0 Å². The Balaban J connectivity index is 1.91. The summed E-state index contributed by atoms with van der Waals surface area (Å²) in [4.78, 5) is 23.7. The first-order valence-electron chi connectivity index (χ1n) is 8.91. The van der Waals surface area contributed by atoms with E-state index >= 15 is 0 Å². The molecule has 0 unspecified atom stereocenters. The first-order chi connectivity index (χ1) is 11.3. The van der Waals surface area contributed by atoms with Crippen LogP contribution in [0.3, 0.4) is 0 Å². The van der Waals surface area contributed by atoms with Gasteiger partial charge in [0.2, 0.25) is 0 Å². The summed E-state index contributed by atoms with van der Waals surface area (Å²) in [5.74, 6) is -0.226. The lowest BCUT2D eigenvalue weighted by Crippen LogP contribution is -2.50. The van der Waals surface area contributed by atoms with Crippen molar-refractivity contribution >= 4 is 12.6 Å². The number of hydrogen-bond acceptors (Lipinski definition) is 4. The Morgan fingerprint density at radius 1 is 1.25 bits per heavy atom. The standard InChI is InChI=1S/C20H28O4/c1-18(2,23)8-4-5-14(11-21)15-6-9-19(3)17-7-10-20(19,13-24-17)16(15)12-22/h4-5,8,11-12,15-17,23H,6-7,9-10,13H2,1-3H3/b8-4+,14-5-/t15-,16-,17+,19-,20+/m1/s1. The lowest BCUT2D eigenvalue weighted by Gasteiger charge is -2.50. The van der Waals surface area contributed by atoms with Crippen molar-refractivity contribution in [2.24, 2.45) is 22.7 Å². The molecule has 2 bridgehead atoms. The summed E-state index contributed by atoms with van der Waals surface area (Å²) < 4.78 is 6.00. The van der Waals surface area contributed by atoms with Crippen molar-refractivity contribution in [3.63, 3.8) is 0 Å². The average Bonchev–Trinajstić information content (AvgIpc) is 2.98. The summed E-state index contributed by atoms with van der Waals surface area (Å²) in [6, 6.07) is 0. The predicted octanol–water partition coefficient (Wildman–Crippen LogP) is 2.85. The third-order valence-electron chi connectivity index (χ3n) is 6.79. The van der Waals surface area contributed by atoms with E-state index in [9.17, 15) is 14.7 Å². The molecule has 132 valence electrons. The highest BCUT2D eigenvalue weighted by Crippen LogP contribution is 2.69. The second-order valence-electron chi connectivity index (χ2n) is 8.52. The van der Waals surface area contributed by atoms with Gasteiger partial charge >= 0.3 is 0 Å². The van der Waals surface area contributed by atoms with Crippen LogP contribution in [0.25, 0.3) is 0 Å². The molecule has 3 fully saturated rings. The molecule has 0 amide bonds. The molecular formula is C20H28O4. The summed E-state index contributed by atoms with van der Waals surface area (Å²) in [5, 5.41) is 9.78. The molecule has 4 nitrogen and oxygen atoms in total. The maximum absolute atomic E-state index is 12.0. The van der Waals surface area contributed by atoms with Gasteiger partial charge in [0, 0.05) is 16.7 Å². The van der Waals surface area contributed by atoms with Gasteiger partial charge in [-0.3, -0.25) is 4.79 Å². The third-order valence-corrected chi connectivity index (χ3v) is 6.79. The Labute approximate surface area is 144 Å². The van der Waals surface area contributed by atoms with Crippen LogP contribution in [-0.2, 0) is 14.3 Å². The van der Waals surface area contributed by atoms with Crippen LogP contribution < -0.4 is 0 Å². The zero-order valence-corrected chi connectivity index (χ0v) is 14.8. The minimum atomic E-state index is -0.920. The second-order valence-corrected chi connectivity index (χ2v) is 8.52. The Morgan fingerprint density at radius 3 is 2.54 bits per heavy atom. The SMILES string of the molecule is CC(C)(O)/C=C/C=C(/C=O)[C@H]1CC[C@]2(C)[C@@H]3CC[C@]2(CO3)[C@@H]1C=O. The third kappa shape index (κ3) is 2.51. The van der Waals surface area contributed by atoms with E-state index in [4.69, 9.17) is 4.74 Å². The van der Waals surface area contributed by atoms with E-state index in [0.29, 0.717) is 12.2 Å². The normalized spacial score (nSPS) is 42.3. The van der Waals surface area contributed by atoms with Crippen molar-refractivity contribution in [2.45, 2.75) is 58.2 Å². The van der Waals surface area contributed by atoms with Crippen LogP contribution in [-0.4, -0.2) is 36.0 Å². The molecule has 2 saturated carbocycles. The van der Waals surface area contributed by atoms with E-state index in [1.165, 1.54) is 0 Å². The molecule has 0 spiro atoms. The van der Waals surface area contributed by atoms with Crippen LogP contribution >= 0.6 is 0 Å². The molecule has 1 heterocycles. The fourth-order valence-corrected chi connectivity index (χ4v) is 5.38. The monoisotopic (exact) mass is 332 g/mol. The van der Waals surface area contributed by atoms with Gasteiger partial charge in [0.1, 0.15) is 12.6 Å². The van der Waals surface area contributed by atoms with Gasteiger partial charge in [0.15, 0.2) is 0 Å². The number of hydrogen-bond donors (Lipinski definition) is 1. The highest BCUT2D eigenvalue weighted by atomic mass is 16.5. The predicted molar refractivity (Wildman–Crippen MR) is 91.4 cm³/mol. The molecule has 3 rings (SSSR count). The van der Waals surface area contributed by atoms with Crippen LogP contribution in [0.5, 0.6) is 0 Å². The molecule has 0 radical (unpaired) electrons. The van der Waals surface area contributed by atoms with E-state index in [0.717, 1.165) is 38.3 Å². The average molecular weight is 332 g/mol. The fraction of sp³-hybridized carbons (Fsp3) is 0.700. The zero-order valence-electron chi connectivity index (χ0n) is 14.8. The summed E-state index contributed by atoms with van der Waals surface area (Å²) in [6.07, 6.45) is 11.2. The first kappa shape index (κ1) is 17.6.